The van der Waals surface area contributed by atoms with Crippen molar-refractivity contribution in [1.82, 2.24) is 0 Å². The Hall–Kier alpha value is -1.59. The summed E-state index contributed by atoms with van der Waals surface area (Å²) >= 11 is 6.18. The third-order valence-corrected chi connectivity index (χ3v) is 4.25. The maximum Gasteiger partial charge on any atom is 0.128 e. The maximum atomic E-state index is 6.18. The first-order chi connectivity index (χ1) is 11.7. The molecule has 5 heteroatoms. The summed E-state index contributed by atoms with van der Waals surface area (Å²) in [7, 11) is 1.70. The number of hydrogen-bond donors (Lipinski definition) is 1. The van der Waals surface area contributed by atoms with E-state index in [0.29, 0.717) is 31.4 Å². The van der Waals surface area contributed by atoms with Crippen LogP contribution in [0.3, 0.4) is 0 Å². The van der Waals surface area contributed by atoms with Gasteiger partial charge in [0.1, 0.15) is 11.9 Å². The Kier molecular flexibility index (Phi) is 5.74. The summed E-state index contributed by atoms with van der Waals surface area (Å²) in [5.74, 6) is 0.914. The number of nitrogens with two attached hydrogens (primary N) is 1. The van der Waals surface area contributed by atoms with Crippen molar-refractivity contribution in [1.29, 1.82) is 0 Å². The van der Waals surface area contributed by atoms with Crippen LogP contribution in [0.25, 0.3) is 0 Å². The summed E-state index contributed by atoms with van der Waals surface area (Å²) in [4.78, 5) is 0. The molecule has 0 aliphatic carbocycles. The predicted molar refractivity (Wildman–Crippen MR) is 94.7 cm³/mol. The summed E-state index contributed by atoms with van der Waals surface area (Å²) < 4.78 is 17.3. The molecule has 0 amide bonds. The highest BCUT2D eigenvalue weighted by Gasteiger charge is 2.25. The third-order valence-electron chi connectivity index (χ3n) is 4.02. The number of rotatable bonds is 7. The molecule has 3 rings (SSSR count). The van der Waals surface area contributed by atoms with Gasteiger partial charge in [0.15, 0.2) is 0 Å². The number of fused-ring (bicyclic) bond motifs is 1. The van der Waals surface area contributed by atoms with Gasteiger partial charge in [-0.05, 0) is 41.0 Å². The average Bonchev–Trinajstić information content (AvgIpc) is 3.04. The van der Waals surface area contributed by atoms with Crippen LogP contribution in [-0.2, 0) is 22.5 Å². The van der Waals surface area contributed by atoms with Crippen LogP contribution in [-0.4, -0.2) is 26.9 Å². The molecule has 2 aromatic rings. The van der Waals surface area contributed by atoms with Crippen molar-refractivity contribution in [2.75, 3.05) is 26.9 Å². The van der Waals surface area contributed by atoms with Crippen LogP contribution < -0.4 is 10.5 Å². The van der Waals surface area contributed by atoms with E-state index in [9.17, 15) is 0 Å². The zero-order valence-electron chi connectivity index (χ0n) is 13.8. The highest BCUT2D eigenvalue weighted by Crippen LogP contribution is 2.39. The Labute approximate surface area is 147 Å². The zero-order chi connectivity index (χ0) is 16.9. The van der Waals surface area contributed by atoms with Gasteiger partial charge in [-0.15, -0.1) is 0 Å². The molecule has 2 aromatic carbocycles. The van der Waals surface area contributed by atoms with Crippen molar-refractivity contribution < 1.29 is 14.2 Å². The smallest absolute Gasteiger partial charge is 0.128 e. The quantitative estimate of drug-likeness (QED) is 0.833. The first kappa shape index (κ1) is 17.2. The Morgan fingerprint density at radius 1 is 1.29 bits per heavy atom. The summed E-state index contributed by atoms with van der Waals surface area (Å²) in [5, 5.41) is 0.680. The number of methoxy groups -OCH3 is 1. The lowest BCUT2D eigenvalue weighted by Crippen LogP contribution is -2.15. The second-order valence-electron chi connectivity index (χ2n) is 5.80. The van der Waals surface area contributed by atoms with Gasteiger partial charge in [0, 0.05) is 30.7 Å². The largest absolute Gasteiger partial charge is 0.493 e. The van der Waals surface area contributed by atoms with Crippen LogP contribution in [0, 0.1) is 0 Å². The normalized spacial score (nSPS) is 14.3. The van der Waals surface area contributed by atoms with Gasteiger partial charge in [-0.1, -0.05) is 23.7 Å². The lowest BCUT2D eigenvalue weighted by Gasteiger charge is -2.22. The van der Waals surface area contributed by atoms with Crippen LogP contribution in [0.2, 0.25) is 5.02 Å². The minimum Gasteiger partial charge on any atom is -0.493 e. The Morgan fingerprint density at radius 3 is 2.92 bits per heavy atom. The van der Waals surface area contributed by atoms with Crippen molar-refractivity contribution in [3.8, 4) is 5.75 Å². The van der Waals surface area contributed by atoms with Gasteiger partial charge < -0.3 is 19.9 Å². The minimum atomic E-state index is -0.268. The molecule has 0 saturated carbocycles. The lowest BCUT2D eigenvalue weighted by atomic mass is 9.95. The summed E-state index contributed by atoms with van der Waals surface area (Å²) in [6.07, 6.45) is 0.634. The molecule has 1 heterocycles. The fraction of sp³-hybridized carbons (Fsp3) is 0.368. The second kappa shape index (κ2) is 7.99. The van der Waals surface area contributed by atoms with Gasteiger partial charge in [0.05, 0.1) is 19.8 Å². The highest BCUT2D eigenvalue weighted by molar-refractivity contribution is 6.30. The molecule has 1 unspecified atom stereocenters. The van der Waals surface area contributed by atoms with Crippen molar-refractivity contribution in [2.24, 2.45) is 5.73 Å². The fourth-order valence-electron chi connectivity index (χ4n) is 3.07. The van der Waals surface area contributed by atoms with Crippen LogP contribution in [0.1, 0.15) is 28.4 Å². The van der Waals surface area contributed by atoms with Crippen LogP contribution >= 0.6 is 11.6 Å². The van der Waals surface area contributed by atoms with Crippen LogP contribution in [0.4, 0.5) is 0 Å². The Balaban J connectivity index is 2.06. The molecule has 24 heavy (non-hydrogen) atoms. The van der Waals surface area contributed by atoms with E-state index in [2.05, 4.69) is 12.1 Å². The monoisotopic (exact) mass is 347 g/mol. The number of ether oxygens (including phenoxy) is 3. The molecule has 128 valence electrons. The molecule has 0 radical (unpaired) electrons. The molecule has 0 bridgehead atoms. The fourth-order valence-corrected chi connectivity index (χ4v) is 3.27. The van der Waals surface area contributed by atoms with Crippen molar-refractivity contribution in [2.45, 2.75) is 19.1 Å². The average molecular weight is 348 g/mol. The topological polar surface area (TPSA) is 53.7 Å². The van der Waals surface area contributed by atoms with E-state index in [-0.39, 0.29) is 6.10 Å². The molecular formula is C19H22ClNO3. The molecule has 1 aliphatic heterocycles. The van der Waals surface area contributed by atoms with E-state index in [1.807, 2.05) is 24.3 Å². The van der Waals surface area contributed by atoms with Gasteiger partial charge in [-0.2, -0.15) is 0 Å². The first-order valence-electron chi connectivity index (χ1n) is 8.07. The first-order valence-corrected chi connectivity index (χ1v) is 8.45. The molecule has 1 atom stereocenters. The van der Waals surface area contributed by atoms with E-state index < -0.39 is 0 Å². The van der Waals surface area contributed by atoms with E-state index in [1.54, 1.807) is 7.11 Å². The Bertz CT molecular complexity index is 705. The molecule has 2 N–H and O–H groups in total. The second-order valence-corrected chi connectivity index (χ2v) is 6.24. The van der Waals surface area contributed by atoms with Gasteiger partial charge in [0.2, 0.25) is 0 Å². The van der Waals surface area contributed by atoms with Gasteiger partial charge in [-0.25, -0.2) is 0 Å². The zero-order valence-corrected chi connectivity index (χ0v) is 14.5. The standard InChI is InChI=1S/C19H22ClNO3/c1-22-12-13-9-15-5-7-23-19(15)17(10-13)18(24-8-6-21)14-3-2-4-16(20)11-14/h2-4,9-11,18H,5-8,12,21H2,1H3. The minimum absolute atomic E-state index is 0.268. The molecule has 1 aliphatic rings. The van der Waals surface area contributed by atoms with Gasteiger partial charge >= 0.3 is 0 Å². The van der Waals surface area contributed by atoms with E-state index in [1.165, 1.54) is 5.56 Å². The number of halogens is 1. The molecule has 4 nitrogen and oxygen atoms in total. The third kappa shape index (κ3) is 3.73. The summed E-state index contributed by atoms with van der Waals surface area (Å²) in [6, 6.07) is 12.0. The number of hydrogen-bond acceptors (Lipinski definition) is 4. The van der Waals surface area contributed by atoms with Crippen LogP contribution in [0.5, 0.6) is 5.75 Å². The SMILES string of the molecule is COCc1cc2c(c(C(OCCN)c3cccc(Cl)c3)c1)OCC2. The van der Waals surface area contributed by atoms with Gasteiger partial charge in [0.25, 0.3) is 0 Å². The summed E-state index contributed by atoms with van der Waals surface area (Å²) in [6.45, 7) is 2.16. The number of benzene rings is 2. The van der Waals surface area contributed by atoms with Crippen LogP contribution in [0.15, 0.2) is 36.4 Å². The molecular weight excluding hydrogens is 326 g/mol. The summed E-state index contributed by atoms with van der Waals surface area (Å²) in [5.41, 5.74) is 9.96. The van der Waals surface area contributed by atoms with Gasteiger partial charge in [-0.3, -0.25) is 0 Å². The van der Waals surface area contributed by atoms with Crippen molar-refractivity contribution in [3.63, 3.8) is 0 Å². The van der Waals surface area contributed by atoms with E-state index >= 15 is 0 Å². The van der Waals surface area contributed by atoms with E-state index in [0.717, 1.165) is 28.9 Å². The van der Waals surface area contributed by atoms with Crippen molar-refractivity contribution >= 4 is 11.6 Å². The molecule has 0 spiro atoms. The highest BCUT2D eigenvalue weighted by atomic mass is 35.5. The van der Waals surface area contributed by atoms with E-state index in [4.69, 9.17) is 31.5 Å². The molecule has 0 fully saturated rings. The lowest BCUT2D eigenvalue weighted by molar-refractivity contribution is 0.0842. The molecule has 0 saturated heterocycles. The Morgan fingerprint density at radius 2 is 2.17 bits per heavy atom. The maximum absolute atomic E-state index is 6.18. The van der Waals surface area contributed by atoms with Crippen molar-refractivity contribution in [3.05, 3.63) is 63.7 Å². The molecule has 0 aromatic heterocycles. The predicted octanol–water partition coefficient (Wildman–Crippen LogP) is 3.49.